The van der Waals surface area contributed by atoms with Crippen LogP contribution in [-0.2, 0) is 19.6 Å². The van der Waals surface area contributed by atoms with Gasteiger partial charge in [0.1, 0.15) is 5.82 Å². The highest BCUT2D eigenvalue weighted by molar-refractivity contribution is 14.0. The van der Waals surface area contributed by atoms with E-state index in [1.807, 2.05) is 13.2 Å². The maximum atomic E-state index is 4.48. The number of piperidine rings is 1. The Labute approximate surface area is 189 Å². The summed E-state index contributed by atoms with van der Waals surface area (Å²) < 4.78 is 2.22. The monoisotopic (exact) mass is 516 g/mol. The van der Waals surface area contributed by atoms with E-state index in [1.54, 1.807) is 11.3 Å². The van der Waals surface area contributed by atoms with Crippen LogP contribution in [0.4, 0.5) is 0 Å². The highest BCUT2D eigenvalue weighted by Gasteiger charge is 2.20. The number of aromatic nitrogens is 2. The van der Waals surface area contributed by atoms with Gasteiger partial charge in [0.25, 0.3) is 0 Å². The first-order valence-corrected chi connectivity index (χ1v) is 10.8. The largest absolute Gasteiger partial charge is 0.354 e. The predicted molar refractivity (Wildman–Crippen MR) is 128 cm³/mol. The number of guanidine groups is 1. The smallest absolute Gasteiger partial charge is 0.191 e. The Balaban J connectivity index is 0.00000280. The summed E-state index contributed by atoms with van der Waals surface area (Å²) in [5, 5.41) is 11.4. The molecule has 1 saturated heterocycles. The van der Waals surface area contributed by atoms with Crippen molar-refractivity contribution < 1.29 is 0 Å². The summed E-state index contributed by atoms with van der Waals surface area (Å²) >= 11 is 1.78. The van der Waals surface area contributed by atoms with Crippen LogP contribution in [0, 0.1) is 5.92 Å². The molecule has 0 unspecified atom stereocenters. The summed E-state index contributed by atoms with van der Waals surface area (Å²) in [5.74, 6) is 2.53. The van der Waals surface area contributed by atoms with Gasteiger partial charge in [0, 0.05) is 51.7 Å². The average molecular weight is 516 g/mol. The molecule has 156 valence electrons. The summed E-state index contributed by atoms with van der Waals surface area (Å²) in [7, 11) is 1.83. The van der Waals surface area contributed by atoms with Crippen molar-refractivity contribution in [1.29, 1.82) is 0 Å². The van der Waals surface area contributed by atoms with Crippen molar-refractivity contribution in [2.24, 2.45) is 10.9 Å². The van der Waals surface area contributed by atoms with Crippen LogP contribution >= 0.6 is 35.3 Å². The fourth-order valence-electron chi connectivity index (χ4n) is 3.49. The molecular formula is C20H33IN6S. The van der Waals surface area contributed by atoms with Crippen molar-refractivity contribution in [3.63, 3.8) is 0 Å². The molecule has 0 saturated carbocycles. The number of rotatable bonds is 7. The summed E-state index contributed by atoms with van der Waals surface area (Å²) in [6, 6.07) is 2.70. The Kier molecular flexibility index (Phi) is 9.73. The Bertz CT molecular complexity index is 704. The number of aliphatic imine (C=N–C) groups is 1. The van der Waals surface area contributed by atoms with Crippen LogP contribution in [-0.4, -0.2) is 46.6 Å². The van der Waals surface area contributed by atoms with Crippen LogP contribution in [0.3, 0.4) is 0 Å². The molecule has 0 radical (unpaired) electrons. The highest BCUT2D eigenvalue weighted by atomic mass is 127. The minimum absolute atomic E-state index is 0. The number of imidazole rings is 1. The lowest BCUT2D eigenvalue weighted by molar-refractivity contribution is 0.198. The van der Waals surface area contributed by atoms with Crippen molar-refractivity contribution in [1.82, 2.24) is 25.1 Å². The first-order valence-electron chi connectivity index (χ1n) is 9.84. The topological polar surface area (TPSA) is 57.5 Å². The molecule has 2 N–H and O–H groups in total. The van der Waals surface area contributed by atoms with Gasteiger partial charge < -0.3 is 15.2 Å². The fourth-order valence-corrected chi connectivity index (χ4v) is 4.15. The summed E-state index contributed by atoms with van der Waals surface area (Å²) in [5.41, 5.74) is 1.43. The molecule has 0 atom stereocenters. The Morgan fingerprint density at radius 1 is 1.36 bits per heavy atom. The molecule has 0 aliphatic carbocycles. The third-order valence-electron chi connectivity index (χ3n) is 4.92. The third kappa shape index (κ3) is 7.04. The van der Waals surface area contributed by atoms with E-state index in [9.17, 15) is 0 Å². The van der Waals surface area contributed by atoms with E-state index in [2.05, 4.69) is 66.9 Å². The second kappa shape index (κ2) is 11.8. The van der Waals surface area contributed by atoms with Crippen LogP contribution < -0.4 is 10.6 Å². The lowest BCUT2D eigenvalue weighted by Crippen LogP contribution is -2.48. The lowest BCUT2D eigenvalue weighted by atomic mass is 10.0. The fraction of sp³-hybridized carbons (Fsp3) is 0.600. The molecular weight excluding hydrogens is 483 g/mol. The van der Waals surface area contributed by atoms with Crippen LogP contribution in [0.1, 0.15) is 38.1 Å². The first kappa shape index (κ1) is 23.2. The second-order valence-corrected chi connectivity index (χ2v) is 8.42. The molecule has 3 heterocycles. The molecule has 6 nitrogen and oxygen atoms in total. The van der Waals surface area contributed by atoms with E-state index in [0.717, 1.165) is 50.8 Å². The number of hydrogen-bond acceptors (Lipinski definition) is 4. The summed E-state index contributed by atoms with van der Waals surface area (Å²) in [6.45, 7) is 9.46. The third-order valence-corrected chi connectivity index (χ3v) is 5.65. The van der Waals surface area contributed by atoms with Crippen LogP contribution in [0.2, 0.25) is 0 Å². The van der Waals surface area contributed by atoms with Gasteiger partial charge in [0.15, 0.2) is 5.96 Å². The predicted octanol–water partition coefficient (Wildman–Crippen LogP) is 3.55. The highest BCUT2D eigenvalue weighted by Crippen LogP contribution is 2.15. The van der Waals surface area contributed by atoms with Crippen molar-refractivity contribution in [3.8, 4) is 0 Å². The van der Waals surface area contributed by atoms with Crippen LogP contribution in [0.15, 0.2) is 34.2 Å². The summed E-state index contributed by atoms with van der Waals surface area (Å²) in [4.78, 5) is 11.4. The van der Waals surface area contributed by atoms with Gasteiger partial charge in [-0.15, -0.1) is 24.0 Å². The van der Waals surface area contributed by atoms with Crippen LogP contribution in [0.5, 0.6) is 0 Å². The van der Waals surface area contributed by atoms with Gasteiger partial charge >= 0.3 is 0 Å². The Morgan fingerprint density at radius 3 is 2.79 bits per heavy atom. The van der Waals surface area contributed by atoms with E-state index in [4.69, 9.17) is 0 Å². The summed E-state index contributed by atoms with van der Waals surface area (Å²) in [6.07, 6.45) is 6.22. The maximum Gasteiger partial charge on any atom is 0.191 e. The van der Waals surface area contributed by atoms with Gasteiger partial charge in [-0.05, 0) is 41.1 Å². The zero-order valence-corrected chi connectivity index (χ0v) is 20.2. The second-order valence-electron chi connectivity index (χ2n) is 7.64. The standard InChI is InChI=1S/C20H32N6S.HI/c1-16(2)13-26-10-7-22-19(26)12-23-20(21-3)24-18-4-8-25(9-5-18)14-17-6-11-27-15-17;/h6-7,10-11,15-16,18H,4-5,8-9,12-14H2,1-3H3,(H2,21,23,24);1H. The first-order chi connectivity index (χ1) is 13.1. The minimum Gasteiger partial charge on any atom is -0.354 e. The SMILES string of the molecule is CN=C(NCc1nccn1CC(C)C)NC1CCN(Cc2ccsc2)CC1.I. The number of thiophene rings is 1. The van der Waals surface area contributed by atoms with Crippen molar-refractivity contribution >= 4 is 41.3 Å². The zero-order valence-electron chi connectivity index (χ0n) is 17.1. The molecule has 3 rings (SSSR count). The Hall–Kier alpha value is -1.13. The molecule has 8 heteroatoms. The quantitative estimate of drug-likeness (QED) is 0.336. The van der Waals surface area contributed by atoms with E-state index < -0.39 is 0 Å². The molecule has 0 amide bonds. The molecule has 1 aliphatic rings. The molecule has 1 fully saturated rings. The number of nitrogens with zero attached hydrogens (tertiary/aromatic N) is 4. The van der Waals surface area contributed by atoms with Gasteiger partial charge in [-0.1, -0.05) is 13.8 Å². The van der Waals surface area contributed by atoms with E-state index in [0.29, 0.717) is 18.5 Å². The number of halogens is 1. The van der Waals surface area contributed by atoms with Gasteiger partial charge in [0.05, 0.1) is 6.54 Å². The Morgan fingerprint density at radius 2 is 2.14 bits per heavy atom. The van der Waals surface area contributed by atoms with Gasteiger partial charge in [-0.3, -0.25) is 9.89 Å². The van der Waals surface area contributed by atoms with Gasteiger partial charge in [-0.25, -0.2) is 4.98 Å². The zero-order chi connectivity index (χ0) is 19.1. The van der Waals surface area contributed by atoms with Crippen LogP contribution in [0.25, 0.3) is 0 Å². The normalized spacial score (nSPS) is 16.2. The van der Waals surface area contributed by atoms with Crippen molar-refractivity contribution in [3.05, 3.63) is 40.6 Å². The number of likely N-dealkylation sites (tertiary alicyclic amines) is 1. The van der Waals surface area contributed by atoms with Crippen molar-refractivity contribution in [2.75, 3.05) is 20.1 Å². The molecule has 0 spiro atoms. The van der Waals surface area contributed by atoms with Crippen molar-refractivity contribution in [2.45, 2.75) is 52.4 Å². The molecule has 2 aromatic heterocycles. The lowest BCUT2D eigenvalue weighted by Gasteiger charge is -2.32. The maximum absolute atomic E-state index is 4.48. The van der Waals surface area contributed by atoms with E-state index >= 15 is 0 Å². The van der Waals surface area contributed by atoms with E-state index in [-0.39, 0.29) is 24.0 Å². The molecule has 28 heavy (non-hydrogen) atoms. The molecule has 2 aromatic rings. The average Bonchev–Trinajstić information content (AvgIpc) is 3.32. The molecule has 0 aromatic carbocycles. The number of hydrogen-bond donors (Lipinski definition) is 2. The van der Waals surface area contributed by atoms with E-state index in [1.165, 1.54) is 5.56 Å². The number of nitrogens with one attached hydrogen (secondary N) is 2. The van der Waals surface area contributed by atoms with Gasteiger partial charge in [-0.2, -0.15) is 11.3 Å². The molecule has 1 aliphatic heterocycles. The minimum atomic E-state index is 0. The van der Waals surface area contributed by atoms with Gasteiger partial charge in [0.2, 0.25) is 0 Å². The molecule has 0 bridgehead atoms.